The molecule has 0 bridgehead atoms. The second-order valence-corrected chi connectivity index (χ2v) is 6.38. The van der Waals surface area contributed by atoms with Gasteiger partial charge in [0.25, 0.3) is 0 Å². The van der Waals surface area contributed by atoms with Crippen LogP contribution in [0.1, 0.15) is 0 Å². The lowest BCUT2D eigenvalue weighted by Crippen LogP contribution is -2.63. The lowest BCUT2D eigenvalue weighted by Gasteiger charge is -2.44. The standard InChI is InChI=1S/C12H21IO10/c13-1-3-5(15)7(17)9(19)11(21-3)23-12-10(20)8(18)6(16)4(2-14)22-12/h3-12,14-20H,1-2H2/t3-,4-,5-,6-,7+,8+,9-,10-,11-,12-/m1/s1. The molecular weight excluding hydrogens is 431 g/mol. The minimum absolute atomic E-state index is 0.303. The average Bonchev–Trinajstić information content (AvgIpc) is 2.55. The Morgan fingerprint density at radius 3 is 1.57 bits per heavy atom. The highest BCUT2D eigenvalue weighted by molar-refractivity contribution is 14.1. The molecule has 2 fully saturated rings. The summed E-state index contributed by atoms with van der Waals surface area (Å²) in [6.07, 6.45) is -14.2. The van der Waals surface area contributed by atoms with Gasteiger partial charge in [-0.3, -0.25) is 0 Å². The van der Waals surface area contributed by atoms with Gasteiger partial charge in [0.05, 0.1) is 12.7 Å². The van der Waals surface area contributed by atoms with E-state index in [4.69, 9.17) is 19.3 Å². The molecule has 0 spiro atoms. The van der Waals surface area contributed by atoms with Crippen LogP contribution in [0.2, 0.25) is 0 Å². The minimum Gasteiger partial charge on any atom is -0.394 e. The summed E-state index contributed by atoms with van der Waals surface area (Å²) in [6.45, 7) is -0.628. The van der Waals surface area contributed by atoms with Crippen LogP contribution in [0, 0.1) is 0 Å². The summed E-state index contributed by atoms with van der Waals surface area (Å²) < 4.78 is 16.0. The van der Waals surface area contributed by atoms with Crippen molar-refractivity contribution in [2.75, 3.05) is 11.0 Å². The molecule has 2 rings (SSSR count). The van der Waals surface area contributed by atoms with E-state index in [1.54, 1.807) is 0 Å². The van der Waals surface area contributed by atoms with Crippen molar-refractivity contribution in [3.8, 4) is 0 Å². The van der Waals surface area contributed by atoms with Crippen molar-refractivity contribution < 1.29 is 50.0 Å². The van der Waals surface area contributed by atoms with Gasteiger partial charge in [-0.2, -0.15) is 0 Å². The van der Waals surface area contributed by atoms with Crippen LogP contribution in [-0.4, -0.2) is 108 Å². The fourth-order valence-corrected chi connectivity index (χ4v) is 3.20. The molecule has 2 heterocycles. The van der Waals surface area contributed by atoms with E-state index in [1.165, 1.54) is 0 Å². The normalized spacial score (nSPS) is 51.7. The lowest BCUT2D eigenvalue weighted by molar-refractivity contribution is -0.373. The number of alkyl halides is 1. The van der Waals surface area contributed by atoms with E-state index in [0.717, 1.165) is 0 Å². The third kappa shape index (κ3) is 3.95. The van der Waals surface area contributed by atoms with Crippen molar-refractivity contribution in [2.45, 2.75) is 61.4 Å². The average molecular weight is 452 g/mol. The quantitative estimate of drug-likeness (QED) is 0.165. The van der Waals surface area contributed by atoms with Crippen LogP contribution in [0.25, 0.3) is 0 Å². The van der Waals surface area contributed by atoms with Gasteiger partial charge in [0.2, 0.25) is 0 Å². The minimum atomic E-state index is -1.66. The lowest BCUT2D eigenvalue weighted by atomic mass is 9.98. The van der Waals surface area contributed by atoms with E-state index < -0.39 is 68.0 Å². The smallest absolute Gasteiger partial charge is 0.189 e. The van der Waals surface area contributed by atoms with E-state index in [1.807, 2.05) is 22.6 Å². The van der Waals surface area contributed by atoms with Crippen LogP contribution in [-0.2, 0) is 14.2 Å². The summed E-state index contributed by atoms with van der Waals surface area (Å²) in [4.78, 5) is 0. The molecule has 10 nitrogen and oxygen atoms in total. The molecule has 0 unspecified atom stereocenters. The van der Waals surface area contributed by atoms with Crippen LogP contribution in [0.5, 0.6) is 0 Å². The number of hydrogen-bond acceptors (Lipinski definition) is 10. The van der Waals surface area contributed by atoms with Crippen LogP contribution in [0.3, 0.4) is 0 Å². The molecule has 2 aliphatic heterocycles. The van der Waals surface area contributed by atoms with E-state index in [-0.39, 0.29) is 0 Å². The summed E-state index contributed by atoms with van der Waals surface area (Å²) in [5, 5.41) is 67.9. The first-order chi connectivity index (χ1) is 10.8. The summed E-state index contributed by atoms with van der Waals surface area (Å²) in [5.74, 6) is 0. The number of hydrogen-bond donors (Lipinski definition) is 7. The van der Waals surface area contributed by atoms with Gasteiger partial charge in [0, 0.05) is 4.43 Å². The Bertz CT molecular complexity index is 349. The highest BCUT2D eigenvalue weighted by Crippen LogP contribution is 2.28. The van der Waals surface area contributed by atoms with Crippen molar-refractivity contribution in [3.63, 3.8) is 0 Å². The van der Waals surface area contributed by atoms with Crippen LogP contribution < -0.4 is 0 Å². The largest absolute Gasteiger partial charge is 0.394 e. The predicted octanol–water partition coefficient (Wildman–Crippen LogP) is -3.95. The fourth-order valence-electron chi connectivity index (χ4n) is 2.47. The molecule has 11 heteroatoms. The van der Waals surface area contributed by atoms with Crippen molar-refractivity contribution in [2.24, 2.45) is 0 Å². The highest BCUT2D eigenvalue weighted by atomic mass is 127. The number of halogens is 1. The molecule has 0 aromatic heterocycles. The van der Waals surface area contributed by atoms with Crippen molar-refractivity contribution >= 4 is 22.6 Å². The monoisotopic (exact) mass is 452 g/mol. The van der Waals surface area contributed by atoms with Crippen LogP contribution in [0.4, 0.5) is 0 Å². The zero-order valence-electron chi connectivity index (χ0n) is 11.9. The Kier molecular flexibility index (Phi) is 6.95. The maximum atomic E-state index is 9.92. The Hall–Kier alpha value is 0.330. The number of aliphatic hydroxyl groups excluding tert-OH is 7. The van der Waals surface area contributed by atoms with Gasteiger partial charge in [-0.1, -0.05) is 22.6 Å². The molecule has 7 N–H and O–H groups in total. The molecule has 2 saturated heterocycles. The molecule has 2 aliphatic rings. The van der Waals surface area contributed by atoms with Crippen LogP contribution in [0.15, 0.2) is 0 Å². The third-order valence-electron chi connectivity index (χ3n) is 3.94. The molecule has 0 saturated carbocycles. The molecule has 0 aromatic carbocycles. The van der Waals surface area contributed by atoms with Gasteiger partial charge < -0.3 is 50.0 Å². The van der Waals surface area contributed by atoms with Crippen molar-refractivity contribution in [1.82, 2.24) is 0 Å². The second-order valence-electron chi connectivity index (χ2n) is 5.50. The first-order valence-electron chi connectivity index (χ1n) is 7.03. The SMILES string of the molecule is OC[C@H]1O[C@H](O[C@H]2O[C@H](CI)[C@@H](O)[C@H](O)[C@H]2O)[C@H](O)[C@@H](O)[C@@H]1O. The Labute approximate surface area is 145 Å². The van der Waals surface area contributed by atoms with Gasteiger partial charge >= 0.3 is 0 Å². The molecule has 0 aromatic rings. The molecular formula is C12H21IO10. The first kappa shape index (κ1) is 19.7. The Morgan fingerprint density at radius 2 is 1.13 bits per heavy atom. The molecule has 0 amide bonds. The summed E-state index contributed by atoms with van der Waals surface area (Å²) in [7, 11) is 0. The van der Waals surface area contributed by atoms with E-state index in [9.17, 15) is 30.6 Å². The van der Waals surface area contributed by atoms with Gasteiger partial charge in [-0.25, -0.2) is 0 Å². The molecule has 136 valence electrons. The topological polar surface area (TPSA) is 169 Å². The van der Waals surface area contributed by atoms with E-state index >= 15 is 0 Å². The summed E-state index contributed by atoms with van der Waals surface area (Å²) >= 11 is 1.92. The molecule has 0 radical (unpaired) electrons. The maximum absolute atomic E-state index is 9.92. The van der Waals surface area contributed by atoms with Gasteiger partial charge in [0.1, 0.15) is 42.7 Å². The third-order valence-corrected chi connectivity index (χ3v) is 4.81. The Balaban J connectivity index is 2.07. The zero-order valence-corrected chi connectivity index (χ0v) is 14.1. The molecule has 10 atom stereocenters. The van der Waals surface area contributed by atoms with Crippen molar-refractivity contribution in [3.05, 3.63) is 0 Å². The van der Waals surface area contributed by atoms with Crippen molar-refractivity contribution in [1.29, 1.82) is 0 Å². The Morgan fingerprint density at radius 1 is 0.696 bits per heavy atom. The van der Waals surface area contributed by atoms with Gasteiger partial charge in [-0.05, 0) is 0 Å². The number of aliphatic hydroxyl groups is 7. The first-order valence-corrected chi connectivity index (χ1v) is 8.56. The fraction of sp³-hybridized carbons (Fsp3) is 1.00. The highest BCUT2D eigenvalue weighted by Gasteiger charge is 2.49. The molecule has 23 heavy (non-hydrogen) atoms. The number of ether oxygens (including phenoxy) is 3. The van der Waals surface area contributed by atoms with E-state index in [2.05, 4.69) is 0 Å². The zero-order chi connectivity index (χ0) is 17.3. The van der Waals surface area contributed by atoms with Gasteiger partial charge in [-0.15, -0.1) is 0 Å². The second kappa shape index (κ2) is 8.14. The maximum Gasteiger partial charge on any atom is 0.189 e. The van der Waals surface area contributed by atoms with Gasteiger partial charge in [0.15, 0.2) is 12.6 Å². The number of rotatable bonds is 4. The summed E-state index contributed by atoms with van der Waals surface area (Å²) in [6, 6.07) is 0. The van der Waals surface area contributed by atoms with Crippen LogP contribution >= 0.6 is 22.6 Å². The summed E-state index contributed by atoms with van der Waals surface area (Å²) in [5.41, 5.74) is 0. The van der Waals surface area contributed by atoms with E-state index in [0.29, 0.717) is 4.43 Å². The molecule has 0 aliphatic carbocycles. The predicted molar refractivity (Wildman–Crippen MR) is 80.4 cm³/mol.